The minimum atomic E-state index is -2.07. The predicted octanol–water partition coefficient (Wildman–Crippen LogP) is 2.58. The summed E-state index contributed by atoms with van der Waals surface area (Å²) >= 11 is 0. The van der Waals surface area contributed by atoms with Crippen molar-refractivity contribution in [1.29, 1.82) is 0 Å². The normalized spacial score (nSPS) is 18.4. The Morgan fingerprint density at radius 2 is 1.50 bits per heavy atom. The molecule has 0 saturated carbocycles. The van der Waals surface area contributed by atoms with Crippen molar-refractivity contribution in [3.8, 4) is 0 Å². The van der Waals surface area contributed by atoms with Crippen LogP contribution in [0.15, 0.2) is 0 Å². The van der Waals surface area contributed by atoms with Crippen LogP contribution in [0.1, 0.15) is 6.92 Å². The van der Waals surface area contributed by atoms with E-state index in [4.69, 9.17) is 0 Å². The van der Waals surface area contributed by atoms with E-state index in [2.05, 4.69) is 0 Å². The van der Waals surface area contributed by atoms with E-state index in [0.717, 1.165) is 0 Å². The van der Waals surface area contributed by atoms with Crippen LogP contribution < -0.4 is 0 Å². The topological polar surface area (TPSA) is 34.1 Å². The Morgan fingerprint density at radius 1 is 1.10 bits per heavy atom. The van der Waals surface area contributed by atoms with Gasteiger partial charge in [-0.15, -0.1) is 0 Å². The lowest BCUT2D eigenvalue weighted by molar-refractivity contribution is 0.575. The van der Waals surface area contributed by atoms with Gasteiger partial charge in [0.1, 0.15) is 0 Å². The zero-order valence-corrected chi connectivity index (χ0v) is 8.91. The molecule has 0 heterocycles. The average Bonchev–Trinajstić information content (AvgIpc) is 1.60. The Morgan fingerprint density at radius 3 is 1.60 bits per heavy atom. The van der Waals surface area contributed by atoms with E-state index in [0.29, 0.717) is 12.1 Å². The van der Waals surface area contributed by atoms with Crippen molar-refractivity contribution in [2.75, 3.05) is 32.1 Å². The maximum absolute atomic E-state index is 11.4. The first-order valence-electron chi connectivity index (χ1n) is 3.36. The van der Waals surface area contributed by atoms with E-state index in [1.807, 2.05) is 6.92 Å². The lowest BCUT2D eigenvalue weighted by atomic mass is 11.0. The van der Waals surface area contributed by atoms with Crippen LogP contribution in [0.2, 0.25) is 0 Å². The molecule has 0 bridgehead atoms. The zero-order chi connectivity index (χ0) is 8.41. The molecular weight excluding hydrogens is 166 g/mol. The monoisotopic (exact) mass is 182 g/mol. The number of hydrogen-bond donors (Lipinski definition) is 0. The highest BCUT2D eigenvalue weighted by atomic mass is 31.2. The number of rotatable bonds is 3. The summed E-state index contributed by atoms with van der Waals surface area (Å²) in [6, 6.07) is 0. The molecule has 0 spiro atoms. The highest BCUT2D eigenvalue weighted by Gasteiger charge is 2.20. The fraction of sp³-hybridized carbons (Fsp3) is 1.00. The van der Waals surface area contributed by atoms with Gasteiger partial charge >= 0.3 is 0 Å². The molecule has 0 aliphatic rings. The maximum Gasteiger partial charge on any atom is 0.0915 e. The number of hydrogen-bond acceptors (Lipinski definition) is 2. The first-order chi connectivity index (χ1) is 4.27. The molecule has 10 heavy (non-hydrogen) atoms. The largest absolute Gasteiger partial charge is 0.324 e. The Balaban J connectivity index is 4.17. The molecule has 0 radical (unpaired) electrons. The minimum Gasteiger partial charge on any atom is -0.324 e. The van der Waals surface area contributed by atoms with Crippen molar-refractivity contribution in [3.05, 3.63) is 0 Å². The Kier molecular flexibility index (Phi) is 3.39. The molecule has 0 rings (SSSR count). The summed E-state index contributed by atoms with van der Waals surface area (Å²) in [6.07, 6.45) is 0.665. The summed E-state index contributed by atoms with van der Waals surface area (Å²) in [7, 11) is -4.12. The highest BCUT2D eigenvalue weighted by molar-refractivity contribution is 7.79. The van der Waals surface area contributed by atoms with Gasteiger partial charge in [0.05, 0.1) is 20.2 Å². The smallest absolute Gasteiger partial charge is 0.0915 e. The molecule has 4 heteroatoms. The van der Waals surface area contributed by atoms with E-state index in [1.54, 1.807) is 20.0 Å². The van der Waals surface area contributed by atoms with Gasteiger partial charge in [-0.25, -0.2) is 0 Å². The molecule has 0 saturated heterocycles. The van der Waals surface area contributed by atoms with Crippen LogP contribution in [-0.2, 0) is 9.13 Å². The molecule has 0 aliphatic heterocycles. The fourth-order valence-electron chi connectivity index (χ4n) is 0.820. The lowest BCUT2D eigenvalue weighted by Crippen LogP contribution is -1.90. The molecule has 2 nitrogen and oxygen atoms in total. The molecule has 0 aromatic rings. The van der Waals surface area contributed by atoms with Gasteiger partial charge in [0.25, 0.3) is 0 Å². The van der Waals surface area contributed by atoms with Gasteiger partial charge in [0.2, 0.25) is 0 Å². The molecule has 62 valence electrons. The van der Waals surface area contributed by atoms with Gasteiger partial charge < -0.3 is 9.13 Å². The van der Waals surface area contributed by atoms with Crippen molar-refractivity contribution in [1.82, 2.24) is 0 Å². The molecule has 0 aliphatic carbocycles. The van der Waals surface area contributed by atoms with E-state index in [9.17, 15) is 9.13 Å². The summed E-state index contributed by atoms with van der Waals surface area (Å²) in [5, 5.41) is 0. The van der Waals surface area contributed by atoms with E-state index in [-0.39, 0.29) is 0 Å². The van der Waals surface area contributed by atoms with Gasteiger partial charge in [-0.1, -0.05) is 6.92 Å². The van der Waals surface area contributed by atoms with Crippen molar-refractivity contribution >= 4 is 14.3 Å². The van der Waals surface area contributed by atoms with E-state index in [1.165, 1.54) is 0 Å². The van der Waals surface area contributed by atoms with Crippen LogP contribution in [0.3, 0.4) is 0 Å². The molecule has 1 unspecified atom stereocenters. The third kappa shape index (κ3) is 5.26. The lowest BCUT2D eigenvalue weighted by Gasteiger charge is -2.12. The van der Waals surface area contributed by atoms with Gasteiger partial charge in [-0.05, 0) is 26.2 Å². The van der Waals surface area contributed by atoms with Crippen molar-refractivity contribution in [2.24, 2.45) is 0 Å². The Bertz CT molecular complexity index is 192. The fourth-order valence-corrected chi connectivity index (χ4v) is 7.38. The second kappa shape index (κ2) is 3.24. The van der Waals surface area contributed by atoms with Crippen LogP contribution in [-0.4, -0.2) is 32.1 Å². The molecule has 0 amide bonds. The highest BCUT2D eigenvalue weighted by Crippen LogP contribution is 2.55. The van der Waals surface area contributed by atoms with Gasteiger partial charge in [0.15, 0.2) is 0 Å². The second-order valence-corrected chi connectivity index (χ2v) is 10.8. The van der Waals surface area contributed by atoms with Crippen LogP contribution in [0, 0.1) is 0 Å². The van der Waals surface area contributed by atoms with E-state index >= 15 is 0 Å². The van der Waals surface area contributed by atoms with Crippen LogP contribution in [0.25, 0.3) is 0 Å². The van der Waals surface area contributed by atoms with Crippen LogP contribution in [0.5, 0.6) is 0 Å². The SMILES string of the molecule is CCP(C)(=O)CP(C)(C)=O. The molecule has 0 aromatic carbocycles. The first kappa shape index (κ1) is 10.5. The third-order valence-corrected chi connectivity index (χ3v) is 7.76. The molecule has 0 fully saturated rings. The average molecular weight is 182 g/mol. The zero-order valence-electron chi connectivity index (χ0n) is 7.13. The van der Waals surface area contributed by atoms with Crippen LogP contribution >= 0.6 is 14.3 Å². The molecule has 0 aromatic heterocycles. The van der Waals surface area contributed by atoms with E-state index < -0.39 is 14.3 Å². The molecule has 1 atom stereocenters. The summed E-state index contributed by atoms with van der Waals surface area (Å²) in [5.74, 6) is 0.427. The summed E-state index contributed by atoms with van der Waals surface area (Å²) in [5.41, 5.74) is 0. The first-order valence-corrected chi connectivity index (χ1v) is 8.67. The van der Waals surface area contributed by atoms with Crippen molar-refractivity contribution in [2.45, 2.75) is 6.92 Å². The molecule has 0 N–H and O–H groups in total. The quantitative estimate of drug-likeness (QED) is 0.628. The third-order valence-electron chi connectivity index (χ3n) is 1.31. The molecular formula is C6H16O2P2. The summed E-state index contributed by atoms with van der Waals surface area (Å²) in [6.45, 7) is 7.00. The second-order valence-electron chi connectivity index (χ2n) is 3.33. The van der Waals surface area contributed by atoms with Crippen LogP contribution in [0.4, 0.5) is 0 Å². The predicted molar refractivity (Wildman–Crippen MR) is 48.4 cm³/mol. The summed E-state index contributed by atoms with van der Waals surface area (Å²) in [4.78, 5) is 0. The Labute approximate surface area is 63.1 Å². The minimum absolute atomic E-state index is 0.427. The Hall–Kier alpha value is 0.460. The van der Waals surface area contributed by atoms with Crippen molar-refractivity contribution in [3.63, 3.8) is 0 Å². The van der Waals surface area contributed by atoms with Gasteiger partial charge in [-0.3, -0.25) is 0 Å². The summed E-state index contributed by atoms with van der Waals surface area (Å²) < 4.78 is 22.6. The van der Waals surface area contributed by atoms with Gasteiger partial charge in [0, 0.05) is 0 Å². The van der Waals surface area contributed by atoms with Gasteiger partial charge in [-0.2, -0.15) is 0 Å². The maximum atomic E-state index is 11.4. The standard InChI is InChI=1S/C6H16O2P2/c1-5-10(4,8)6-9(2,3)7/h5-6H2,1-4H3. The van der Waals surface area contributed by atoms with Crippen molar-refractivity contribution < 1.29 is 9.13 Å².